The number of rotatable bonds is 22. The predicted octanol–water partition coefficient (Wildman–Crippen LogP) is 14.5. The second kappa shape index (κ2) is 37.1. The lowest BCUT2D eigenvalue weighted by molar-refractivity contribution is -0.0821. The number of hydrogen-bond acceptors (Lipinski definition) is 11. The molecule has 5 aliphatic rings. The average molecular weight is 1020 g/mol. The van der Waals surface area contributed by atoms with Crippen LogP contribution < -0.4 is 0 Å². The monoisotopic (exact) mass is 1010 g/mol. The van der Waals surface area contributed by atoms with Gasteiger partial charge in [0.15, 0.2) is 0 Å². The second-order valence-corrected chi connectivity index (χ2v) is 21.7. The molecule has 11 nitrogen and oxygen atoms in total. The summed E-state index contributed by atoms with van der Waals surface area (Å²) >= 11 is 0. The van der Waals surface area contributed by atoms with Crippen molar-refractivity contribution in [3.8, 4) is 0 Å². The van der Waals surface area contributed by atoms with E-state index in [2.05, 4.69) is 125 Å². The van der Waals surface area contributed by atoms with Gasteiger partial charge in [0, 0.05) is 12.8 Å². The molecule has 0 atom stereocenters. The van der Waals surface area contributed by atoms with Gasteiger partial charge in [-0.2, -0.15) is 0 Å². The fraction of sp³-hybridized carbons (Fsp3) is 0.677. The number of hydrogen-bond donors (Lipinski definition) is 0. The Balaban J connectivity index is 0.000000201. The molecule has 0 aromatic heterocycles. The molecule has 0 spiro atoms. The zero-order chi connectivity index (χ0) is 52.5. The molecule has 1 heterocycles. The average Bonchev–Trinajstić information content (AvgIpc) is 3.35. The van der Waals surface area contributed by atoms with Crippen molar-refractivity contribution < 1.29 is 42.8 Å². The zero-order valence-electron chi connectivity index (χ0n) is 46.9. The van der Waals surface area contributed by atoms with Crippen LogP contribution in [0.4, 0.5) is 0 Å². The molecule has 0 N–H and O–H groups in total. The second-order valence-electron chi connectivity index (χ2n) is 21.7. The van der Waals surface area contributed by atoms with E-state index in [0.717, 1.165) is 123 Å². The Morgan fingerprint density at radius 3 is 0.986 bits per heavy atom. The molecule has 5 fully saturated rings. The van der Waals surface area contributed by atoms with Crippen LogP contribution in [0.1, 0.15) is 169 Å². The fourth-order valence-electron chi connectivity index (χ4n) is 8.78. The molecule has 1 aliphatic heterocycles. The first-order valence-corrected chi connectivity index (χ1v) is 28.1. The van der Waals surface area contributed by atoms with E-state index in [4.69, 9.17) is 42.8 Å². The molecule has 0 amide bonds. The van der Waals surface area contributed by atoms with Crippen LogP contribution in [0.3, 0.4) is 0 Å². The lowest BCUT2D eigenvalue weighted by Crippen LogP contribution is -2.35. The van der Waals surface area contributed by atoms with Gasteiger partial charge in [0.1, 0.15) is 12.2 Å². The molecule has 0 radical (unpaired) electrons. The van der Waals surface area contributed by atoms with E-state index in [-0.39, 0.29) is 12.2 Å². The van der Waals surface area contributed by atoms with E-state index < -0.39 is 0 Å². The van der Waals surface area contributed by atoms with Crippen LogP contribution in [0, 0.1) is 17.8 Å². The van der Waals surface area contributed by atoms with Gasteiger partial charge < -0.3 is 42.8 Å². The van der Waals surface area contributed by atoms with E-state index >= 15 is 0 Å². The van der Waals surface area contributed by atoms with Crippen LogP contribution in [0.25, 0.3) is 0 Å². The van der Waals surface area contributed by atoms with Crippen molar-refractivity contribution in [1.82, 2.24) is 0 Å². The molecule has 0 unspecified atom stereocenters. The Hall–Kier alpha value is -3.68. The van der Waals surface area contributed by atoms with Crippen LogP contribution in [0.2, 0.25) is 0 Å². The largest absolute Gasteiger partial charge is 0.393 e. The van der Waals surface area contributed by atoms with Gasteiger partial charge in [0.25, 0.3) is 0 Å². The summed E-state index contributed by atoms with van der Waals surface area (Å²) in [6.07, 6.45) is 17.9. The quantitative estimate of drug-likeness (QED) is 0.0909. The molecule has 4 aliphatic carbocycles. The van der Waals surface area contributed by atoms with Crippen LogP contribution in [0.15, 0.2) is 101 Å². The van der Waals surface area contributed by atoms with E-state index in [1.165, 1.54) is 41.7 Å². The number of benzene rings is 3. The minimum atomic E-state index is 0.186. The zero-order valence-corrected chi connectivity index (χ0v) is 46.9. The smallest absolute Gasteiger partial charge is 0.122 e. The normalized spacial score (nSPS) is 22.2. The van der Waals surface area contributed by atoms with Crippen molar-refractivity contribution in [2.45, 2.75) is 221 Å². The molecule has 3 aromatic carbocycles. The highest BCUT2D eigenvalue weighted by Gasteiger charge is 2.32. The molecule has 4 saturated carbocycles. The lowest BCUT2D eigenvalue weighted by Gasteiger charge is -2.36. The van der Waals surface area contributed by atoms with Crippen molar-refractivity contribution >= 4 is 11.4 Å². The first-order chi connectivity index (χ1) is 35.3. The van der Waals surface area contributed by atoms with Crippen molar-refractivity contribution in [1.29, 1.82) is 0 Å². The molecule has 11 heteroatoms. The van der Waals surface area contributed by atoms with Crippen molar-refractivity contribution in [3.63, 3.8) is 0 Å². The summed E-state index contributed by atoms with van der Waals surface area (Å²) in [6, 6.07) is 31.0. The molecular formula is C62H98N2O9. The van der Waals surface area contributed by atoms with Crippen LogP contribution in [-0.4, -0.2) is 93.3 Å². The minimum Gasteiger partial charge on any atom is -0.393 e. The van der Waals surface area contributed by atoms with Crippen LogP contribution in [-0.2, 0) is 62.7 Å². The van der Waals surface area contributed by atoms with Crippen molar-refractivity contribution in [2.75, 3.05) is 33.0 Å². The maximum absolute atomic E-state index is 5.73. The molecular weight excluding hydrogens is 917 g/mol. The predicted molar refractivity (Wildman–Crippen MR) is 297 cm³/mol. The Morgan fingerprint density at radius 2 is 0.699 bits per heavy atom. The maximum atomic E-state index is 5.73. The molecule has 1 saturated heterocycles. The minimum absolute atomic E-state index is 0.186. The summed E-state index contributed by atoms with van der Waals surface area (Å²) in [5.41, 5.74) is 6.14. The van der Waals surface area contributed by atoms with Gasteiger partial charge in [-0.3, -0.25) is 0 Å². The van der Waals surface area contributed by atoms with Crippen molar-refractivity contribution in [2.24, 2.45) is 28.1 Å². The van der Waals surface area contributed by atoms with E-state index in [1.807, 2.05) is 45.9 Å². The first kappa shape index (κ1) is 61.9. The SMILES string of the molecule is CC(C)OC1CC(COCc2ccccc2)C1.CC(C)OC1CC(COCc2ccccc2)C1.CC(C)OC1CC(COCc2ccccc2)C1.CC(C)ON=C1CCCCC1.CC(C)ON=C1CCOCC1. The Kier molecular flexibility index (Phi) is 31.5. The standard InChI is InChI=1S/3C15H22O2.C9H17NO.C8H15NO2/c3*1-12(2)17-15-8-14(9-15)11-16-10-13-6-4-3-5-7-13;1-8(2)11-10-9-6-4-3-5-7-9;1-7(2)11-9-8-3-5-10-6-4-8/h3*3-7,12,14-15H,8-11H2,1-2H3;8H,3-7H2,1-2H3;7H,3-6H2,1-2H3. The Labute approximate surface area is 442 Å². The molecule has 73 heavy (non-hydrogen) atoms. The molecule has 0 bridgehead atoms. The molecule has 8 rings (SSSR count). The summed E-state index contributed by atoms with van der Waals surface area (Å²) in [5.74, 6) is 2.09. The van der Waals surface area contributed by atoms with Gasteiger partial charge in [0.05, 0.1) is 101 Å². The number of oxime groups is 2. The van der Waals surface area contributed by atoms with E-state index in [1.54, 1.807) is 0 Å². The summed E-state index contributed by atoms with van der Waals surface area (Å²) in [7, 11) is 0. The summed E-state index contributed by atoms with van der Waals surface area (Å²) in [5, 5.41) is 8.12. The molecule has 410 valence electrons. The third kappa shape index (κ3) is 29.9. The number of nitrogens with zero attached hydrogens (tertiary/aromatic N) is 2. The van der Waals surface area contributed by atoms with Crippen LogP contribution in [0.5, 0.6) is 0 Å². The third-order valence-corrected chi connectivity index (χ3v) is 12.7. The molecule has 3 aromatic rings. The van der Waals surface area contributed by atoms with Crippen molar-refractivity contribution in [3.05, 3.63) is 108 Å². The highest BCUT2D eigenvalue weighted by atomic mass is 16.6. The van der Waals surface area contributed by atoms with Gasteiger partial charge in [0.2, 0.25) is 0 Å². The van der Waals surface area contributed by atoms with E-state index in [9.17, 15) is 0 Å². The van der Waals surface area contributed by atoms with Gasteiger partial charge in [-0.25, -0.2) is 0 Å². The maximum Gasteiger partial charge on any atom is 0.122 e. The Morgan fingerprint density at radius 1 is 0.397 bits per heavy atom. The fourth-order valence-corrected chi connectivity index (χ4v) is 8.78. The first-order valence-electron chi connectivity index (χ1n) is 28.1. The highest BCUT2D eigenvalue weighted by Crippen LogP contribution is 2.33. The highest BCUT2D eigenvalue weighted by molar-refractivity contribution is 5.84. The summed E-state index contributed by atoms with van der Waals surface area (Å²) < 4.78 is 39.5. The summed E-state index contributed by atoms with van der Waals surface area (Å²) in [4.78, 5) is 10.3. The van der Waals surface area contributed by atoms with E-state index in [0.29, 0.717) is 54.4 Å². The van der Waals surface area contributed by atoms with Crippen LogP contribution >= 0.6 is 0 Å². The lowest BCUT2D eigenvalue weighted by atomic mass is 9.83. The van der Waals surface area contributed by atoms with Gasteiger partial charge in [-0.1, -0.05) is 108 Å². The topological polar surface area (TPSA) is 108 Å². The van der Waals surface area contributed by atoms with Gasteiger partial charge in [-0.05, 0) is 168 Å². The Bertz CT molecular complexity index is 1630. The van der Waals surface area contributed by atoms with Gasteiger partial charge >= 0.3 is 0 Å². The van der Waals surface area contributed by atoms with Gasteiger partial charge in [-0.15, -0.1) is 0 Å². The summed E-state index contributed by atoms with van der Waals surface area (Å²) in [6.45, 7) is 26.9. The third-order valence-electron chi connectivity index (χ3n) is 12.7. The number of ether oxygens (including phenoxy) is 7.